The lowest BCUT2D eigenvalue weighted by molar-refractivity contribution is -0.217. The fraction of sp³-hybridized carbons (Fsp3) is 0.111. The third kappa shape index (κ3) is 9.02. The van der Waals surface area contributed by atoms with E-state index < -0.39 is 26.7 Å². The van der Waals surface area contributed by atoms with E-state index in [4.69, 9.17) is 28.3 Å². The van der Waals surface area contributed by atoms with Crippen LogP contribution in [0.3, 0.4) is 0 Å². The number of hydrogen-bond acceptors (Lipinski definition) is 10. The van der Waals surface area contributed by atoms with Crippen molar-refractivity contribution in [2.24, 2.45) is 0 Å². The molecule has 0 N–H and O–H groups in total. The highest BCUT2D eigenvalue weighted by atomic mass is 31.2. The Hall–Kier alpha value is -5.14. The van der Waals surface area contributed by atoms with Crippen LogP contribution in [0.1, 0.15) is 26.3 Å². The van der Waals surface area contributed by atoms with E-state index >= 15 is 0 Å². The van der Waals surface area contributed by atoms with Crippen LogP contribution < -0.4 is 29.3 Å². The van der Waals surface area contributed by atoms with Gasteiger partial charge in [-0.25, -0.2) is 14.2 Å². The van der Waals surface area contributed by atoms with Crippen LogP contribution in [-0.2, 0) is 25.4 Å². The van der Waals surface area contributed by atoms with Gasteiger partial charge in [-0.2, -0.15) is 4.89 Å². The first-order valence-electron chi connectivity index (χ1n) is 14.6. The highest BCUT2D eigenvalue weighted by Crippen LogP contribution is 2.45. The van der Waals surface area contributed by atoms with Crippen LogP contribution in [0.5, 0.6) is 23.0 Å². The Morgan fingerprint density at radius 1 is 0.562 bits per heavy atom. The number of benzene rings is 5. The summed E-state index contributed by atoms with van der Waals surface area (Å²) in [4.78, 5) is 34.7. The third-order valence-electron chi connectivity index (χ3n) is 7.00. The molecule has 0 aliphatic heterocycles. The monoisotopic (exact) mass is 686 g/mol. The van der Waals surface area contributed by atoms with E-state index in [0.29, 0.717) is 39.0 Å². The van der Waals surface area contributed by atoms with Gasteiger partial charge in [0.15, 0.2) is 5.75 Å². The van der Waals surface area contributed by atoms with Crippen molar-refractivity contribution in [2.75, 3.05) is 20.4 Å². The Morgan fingerprint density at radius 2 is 1.04 bits per heavy atom. The molecule has 0 saturated heterocycles. The summed E-state index contributed by atoms with van der Waals surface area (Å²) < 4.78 is 47.8. The lowest BCUT2D eigenvalue weighted by Crippen LogP contribution is -2.16. The fourth-order valence-corrected chi connectivity index (χ4v) is 7.24. The van der Waals surface area contributed by atoms with Crippen molar-refractivity contribution in [3.63, 3.8) is 0 Å². The van der Waals surface area contributed by atoms with Crippen LogP contribution in [0, 0.1) is 0 Å². The van der Waals surface area contributed by atoms with Crippen LogP contribution in [0.4, 0.5) is 0 Å². The quantitative estimate of drug-likeness (QED) is 0.0406. The number of rotatable bonds is 13. The van der Waals surface area contributed by atoms with Crippen molar-refractivity contribution in [3.8, 4) is 23.0 Å². The van der Waals surface area contributed by atoms with E-state index in [1.54, 1.807) is 110 Å². The minimum atomic E-state index is -3.57. The summed E-state index contributed by atoms with van der Waals surface area (Å²) in [5.41, 5.74) is 1.61. The first-order chi connectivity index (χ1) is 23.0. The second-order valence-corrected chi connectivity index (χ2v) is 15.4. The molecule has 246 valence electrons. The van der Waals surface area contributed by atoms with Gasteiger partial charge in [-0.3, -0.25) is 0 Å². The molecule has 0 aliphatic carbocycles. The molecule has 5 aromatic rings. The maximum Gasteiger partial charge on any atom is 0.427 e. The second kappa shape index (κ2) is 15.2. The first kappa shape index (κ1) is 34.2. The molecule has 10 nitrogen and oxygen atoms in total. The average molecular weight is 687 g/mol. The molecular formula is C36H32O10P2. The summed E-state index contributed by atoms with van der Waals surface area (Å²) in [6.45, 7) is 3.15. The zero-order chi connectivity index (χ0) is 34.1. The molecule has 12 heteroatoms. The normalized spacial score (nSPS) is 13.3. The minimum absolute atomic E-state index is 0.128. The molecule has 48 heavy (non-hydrogen) atoms. The number of hydrogen-bond donors (Lipinski definition) is 0. The Kier molecular flexibility index (Phi) is 10.8. The second-order valence-electron chi connectivity index (χ2n) is 10.6. The van der Waals surface area contributed by atoms with Crippen LogP contribution in [-0.4, -0.2) is 32.4 Å². The highest BCUT2D eigenvalue weighted by molar-refractivity contribution is 7.78. The van der Waals surface area contributed by atoms with Gasteiger partial charge in [0.25, 0.3) is 0 Å². The Balaban J connectivity index is 1.08. The van der Waals surface area contributed by atoms with Crippen molar-refractivity contribution in [3.05, 3.63) is 144 Å². The topological polar surface area (TPSA) is 124 Å². The van der Waals surface area contributed by atoms with Gasteiger partial charge in [-0.1, -0.05) is 54.6 Å². The van der Waals surface area contributed by atoms with Crippen LogP contribution in [0.2, 0.25) is 0 Å². The summed E-state index contributed by atoms with van der Waals surface area (Å²) in [6, 6.07) is 34.8. The Morgan fingerprint density at radius 3 is 1.58 bits per heavy atom. The maximum absolute atomic E-state index is 13.5. The van der Waals surface area contributed by atoms with Crippen molar-refractivity contribution >= 4 is 37.3 Å². The number of esters is 2. The molecule has 2 unspecified atom stereocenters. The summed E-state index contributed by atoms with van der Waals surface area (Å²) in [7, 11) is -5.14. The van der Waals surface area contributed by atoms with E-state index in [-0.39, 0.29) is 12.4 Å². The van der Waals surface area contributed by atoms with Gasteiger partial charge in [0.2, 0.25) is 0 Å². The first-order valence-corrected chi connectivity index (χ1v) is 18.8. The lowest BCUT2D eigenvalue weighted by Gasteiger charge is -2.16. The van der Waals surface area contributed by atoms with Gasteiger partial charge in [-0.05, 0) is 85.0 Å². The van der Waals surface area contributed by atoms with Gasteiger partial charge >= 0.3 is 19.5 Å². The van der Waals surface area contributed by atoms with Crippen molar-refractivity contribution in [2.45, 2.75) is 6.61 Å². The zero-order valence-electron chi connectivity index (χ0n) is 26.3. The molecule has 0 aliphatic rings. The summed E-state index contributed by atoms with van der Waals surface area (Å²) in [5.74, 6) is 0.323. The largest absolute Gasteiger partial charge is 0.465 e. The number of methoxy groups -OCH3 is 1. The van der Waals surface area contributed by atoms with Crippen LogP contribution in [0.15, 0.2) is 127 Å². The van der Waals surface area contributed by atoms with Crippen molar-refractivity contribution < 1.29 is 47.0 Å². The maximum atomic E-state index is 13.5. The molecular weight excluding hydrogens is 654 g/mol. The number of carbonyl (C=O) groups excluding carboxylic acids is 2. The molecule has 0 amide bonds. The van der Waals surface area contributed by atoms with Crippen LogP contribution >= 0.6 is 14.7 Å². The molecule has 0 fully saturated rings. The molecule has 0 spiro atoms. The van der Waals surface area contributed by atoms with Gasteiger partial charge in [0.05, 0.1) is 24.9 Å². The van der Waals surface area contributed by atoms with E-state index in [0.717, 1.165) is 5.56 Å². The molecule has 0 heterocycles. The average Bonchev–Trinajstić information content (AvgIpc) is 3.10. The summed E-state index contributed by atoms with van der Waals surface area (Å²) >= 11 is 0. The van der Waals surface area contributed by atoms with Crippen molar-refractivity contribution in [1.82, 2.24) is 0 Å². The molecule has 5 aromatic carbocycles. The highest BCUT2D eigenvalue weighted by Gasteiger charge is 2.22. The molecule has 0 aromatic heterocycles. The SMILES string of the molecule is COC(=O)c1ccc(P(C)(=O)c2ccc(COOc3ccc(OP(C)(=O)Oc4ccc(OC(=O)c5ccccc5)cc4)cc3)cc2)cc1. The molecule has 5 rings (SSSR count). The van der Waals surface area contributed by atoms with Gasteiger partial charge in [-0.15, -0.1) is 0 Å². The standard InChI is InChI=1S/C36H32O10P2/c1-41-35(37)28-11-23-34(24-12-28)47(2,39)33-21-9-26(10-22-33)25-42-44-30-15-19-32(20-16-30)46-48(3,40)45-31-17-13-29(14-18-31)43-36(38)27-7-5-4-6-8-27/h4-24H,25H2,1-3H3. The summed E-state index contributed by atoms with van der Waals surface area (Å²) in [6.07, 6.45) is 0. The molecule has 0 saturated carbocycles. The predicted octanol–water partition coefficient (Wildman–Crippen LogP) is 7.43. The smallest absolute Gasteiger partial charge is 0.427 e. The van der Waals surface area contributed by atoms with E-state index in [9.17, 15) is 18.7 Å². The number of carbonyl (C=O) groups is 2. The van der Waals surface area contributed by atoms with Gasteiger partial charge < -0.3 is 28.0 Å². The third-order valence-corrected chi connectivity index (χ3v) is 10.7. The Bertz CT molecular complexity index is 1940. The fourth-order valence-electron chi connectivity index (χ4n) is 4.46. The van der Waals surface area contributed by atoms with E-state index in [1.165, 1.54) is 38.0 Å². The van der Waals surface area contributed by atoms with Crippen molar-refractivity contribution in [1.29, 1.82) is 0 Å². The molecule has 0 bridgehead atoms. The predicted molar refractivity (Wildman–Crippen MR) is 182 cm³/mol. The molecule has 2 atom stereocenters. The summed E-state index contributed by atoms with van der Waals surface area (Å²) in [5, 5.41) is 1.28. The minimum Gasteiger partial charge on any atom is -0.465 e. The zero-order valence-corrected chi connectivity index (χ0v) is 28.1. The van der Waals surface area contributed by atoms with Gasteiger partial charge in [0, 0.05) is 10.6 Å². The number of ether oxygens (including phenoxy) is 2. The van der Waals surface area contributed by atoms with E-state index in [2.05, 4.69) is 0 Å². The van der Waals surface area contributed by atoms with Crippen LogP contribution in [0.25, 0.3) is 0 Å². The van der Waals surface area contributed by atoms with E-state index in [1.807, 2.05) is 0 Å². The van der Waals surface area contributed by atoms with Gasteiger partial charge in [0.1, 0.15) is 31.0 Å². The Labute approximate surface area is 278 Å². The lowest BCUT2D eigenvalue weighted by atomic mass is 10.2. The molecule has 0 radical (unpaired) electrons.